The highest BCUT2D eigenvalue weighted by Crippen LogP contribution is 2.34. The van der Waals surface area contributed by atoms with Crippen LogP contribution in [0.15, 0.2) is 35.2 Å². The highest BCUT2D eigenvalue weighted by molar-refractivity contribution is 6.21. The van der Waals surface area contributed by atoms with Crippen molar-refractivity contribution < 1.29 is 41.9 Å². The number of Topliss-reactive ketones (excluding diaryl/α,β-unsaturated/α-hetero) is 1. The molecule has 0 spiro atoms. The minimum Gasteiger partial charge on any atom is -0.465 e. The monoisotopic (exact) mass is 535 g/mol. The lowest BCUT2D eigenvalue weighted by molar-refractivity contribution is -0.132. The molecule has 0 radical (unpaired) electrons. The molecule has 0 unspecified atom stereocenters. The van der Waals surface area contributed by atoms with Crippen LogP contribution in [0.4, 0.5) is 35.3 Å². The summed E-state index contributed by atoms with van der Waals surface area (Å²) in [5, 5.41) is 15.9. The van der Waals surface area contributed by atoms with Gasteiger partial charge >= 0.3 is 12.3 Å². The van der Waals surface area contributed by atoms with E-state index < -0.39 is 41.9 Å². The zero-order valence-electron chi connectivity index (χ0n) is 20.1. The largest absolute Gasteiger partial charge is 0.465 e. The van der Waals surface area contributed by atoms with Crippen molar-refractivity contribution in [3.63, 3.8) is 0 Å². The Balaban J connectivity index is 1.56. The molecule has 1 aliphatic rings. The highest BCUT2D eigenvalue weighted by Gasteiger charge is 2.48. The van der Waals surface area contributed by atoms with Crippen LogP contribution in [0, 0.1) is 5.41 Å². The van der Waals surface area contributed by atoms with E-state index in [0.29, 0.717) is 0 Å². The molecule has 3 amide bonds. The molecule has 1 aliphatic heterocycles. The number of halogens is 3. The van der Waals surface area contributed by atoms with E-state index in [-0.39, 0.29) is 45.9 Å². The molecule has 16 heteroatoms. The number of amides is 3. The molecule has 38 heavy (non-hydrogen) atoms. The number of aryl methyl sites for hydroxylation is 1. The number of carboxylic acid groups (broad SMARTS) is 1. The molecule has 3 aromatic rings. The summed E-state index contributed by atoms with van der Waals surface area (Å²) in [4.78, 5) is 58.0. The van der Waals surface area contributed by atoms with Gasteiger partial charge in [-0.05, 0) is 26.0 Å². The molecular formula is C22H20F3N7O6. The van der Waals surface area contributed by atoms with Gasteiger partial charge in [-0.15, -0.1) is 0 Å². The van der Waals surface area contributed by atoms with Gasteiger partial charge in [0.2, 0.25) is 11.8 Å². The minimum atomic E-state index is -4.81. The fourth-order valence-corrected chi connectivity index (χ4v) is 3.63. The third kappa shape index (κ3) is 5.05. The Bertz CT molecular complexity index is 1450. The summed E-state index contributed by atoms with van der Waals surface area (Å²) in [6.45, 7) is 0.998. The van der Waals surface area contributed by atoms with Crippen LogP contribution in [-0.4, -0.2) is 67.8 Å². The smallest absolute Gasteiger partial charge is 0.413 e. The van der Waals surface area contributed by atoms with Gasteiger partial charge in [0.05, 0.1) is 12.7 Å². The van der Waals surface area contributed by atoms with Crippen molar-refractivity contribution in [2.75, 3.05) is 28.2 Å². The van der Waals surface area contributed by atoms with Gasteiger partial charge in [0.1, 0.15) is 29.7 Å². The first kappa shape index (κ1) is 26.3. The quantitative estimate of drug-likeness (QED) is 0.452. The van der Waals surface area contributed by atoms with Crippen LogP contribution >= 0.6 is 0 Å². The average molecular weight is 535 g/mol. The average Bonchev–Trinajstić information content (AvgIpc) is 3.51. The Morgan fingerprint density at radius 3 is 2.61 bits per heavy atom. The Morgan fingerprint density at radius 1 is 1.29 bits per heavy atom. The summed E-state index contributed by atoms with van der Waals surface area (Å²) >= 11 is 0. The number of alkyl halides is 3. The van der Waals surface area contributed by atoms with Crippen molar-refractivity contribution in [3.8, 4) is 11.5 Å². The molecule has 1 saturated heterocycles. The van der Waals surface area contributed by atoms with E-state index in [1.165, 1.54) is 35.7 Å². The van der Waals surface area contributed by atoms with Crippen LogP contribution in [0.1, 0.15) is 24.3 Å². The number of pyridine rings is 1. The predicted octanol–water partition coefficient (Wildman–Crippen LogP) is 2.71. The number of nitrogens with zero attached hydrogens (tertiary/aromatic N) is 6. The maximum Gasteiger partial charge on any atom is 0.413 e. The van der Waals surface area contributed by atoms with E-state index in [2.05, 4.69) is 20.4 Å². The van der Waals surface area contributed by atoms with Crippen LogP contribution in [0.25, 0.3) is 11.5 Å². The predicted molar refractivity (Wildman–Crippen MR) is 123 cm³/mol. The van der Waals surface area contributed by atoms with Gasteiger partial charge in [-0.3, -0.25) is 28.9 Å². The van der Waals surface area contributed by atoms with Gasteiger partial charge in [-0.2, -0.15) is 18.3 Å². The van der Waals surface area contributed by atoms with E-state index in [9.17, 15) is 37.5 Å². The van der Waals surface area contributed by atoms with Crippen LogP contribution < -0.4 is 15.1 Å². The van der Waals surface area contributed by atoms with E-state index in [0.717, 1.165) is 18.5 Å². The van der Waals surface area contributed by atoms with Crippen LogP contribution in [0.2, 0.25) is 0 Å². The summed E-state index contributed by atoms with van der Waals surface area (Å²) in [6.07, 6.45) is -3.20. The molecule has 0 saturated carbocycles. The SMILES string of the molecule is Cn1cc(NC(=O)c2coc(-c3ccnc(N(CC(F)(F)F)C(=O)O)c3)n2)c(N2CC(=O)C(C)(C)C2=O)n1. The summed E-state index contributed by atoms with van der Waals surface area (Å²) < 4.78 is 45.0. The zero-order chi connectivity index (χ0) is 28.0. The number of aromatic nitrogens is 4. The van der Waals surface area contributed by atoms with Gasteiger partial charge in [-0.25, -0.2) is 14.8 Å². The van der Waals surface area contributed by atoms with E-state index >= 15 is 0 Å². The van der Waals surface area contributed by atoms with Gasteiger partial charge in [0, 0.05) is 18.8 Å². The normalized spacial score (nSPS) is 15.2. The van der Waals surface area contributed by atoms with Gasteiger partial charge in [0.15, 0.2) is 17.3 Å². The molecule has 2 N–H and O–H groups in total. The first-order valence-corrected chi connectivity index (χ1v) is 10.9. The maximum atomic E-state index is 12.9. The van der Waals surface area contributed by atoms with Gasteiger partial charge in [0.25, 0.3) is 5.91 Å². The Kier molecular flexibility index (Phi) is 6.42. The number of oxazole rings is 1. The lowest BCUT2D eigenvalue weighted by Gasteiger charge is -2.19. The number of ketones is 1. The molecule has 0 bridgehead atoms. The topological polar surface area (TPSA) is 164 Å². The van der Waals surface area contributed by atoms with Crippen LogP contribution in [0.5, 0.6) is 0 Å². The standard InChI is InChI=1S/C22H20F3N7O6/c1-21(2)14(33)8-31(19(21)35)16-12(7-30(3)29-16)27-17(34)13-9-38-18(28-13)11-4-5-26-15(6-11)32(20(36)37)10-22(23,24)25/h4-7,9H,8,10H2,1-3H3,(H,27,34)(H,36,37). The van der Waals surface area contributed by atoms with E-state index in [4.69, 9.17) is 4.42 Å². The fourth-order valence-electron chi connectivity index (χ4n) is 3.63. The van der Waals surface area contributed by atoms with Crippen LogP contribution in [0.3, 0.4) is 0 Å². The Labute approximate surface area is 211 Å². The van der Waals surface area contributed by atoms with Crippen LogP contribution in [-0.2, 0) is 16.6 Å². The van der Waals surface area contributed by atoms with Crippen molar-refractivity contribution in [2.24, 2.45) is 12.5 Å². The molecule has 200 valence electrons. The number of nitrogens with one attached hydrogen (secondary N) is 1. The molecule has 0 atom stereocenters. The third-order valence-corrected chi connectivity index (χ3v) is 5.67. The van der Waals surface area contributed by atoms with Gasteiger partial charge in [-0.1, -0.05) is 0 Å². The number of rotatable bonds is 6. The number of anilines is 3. The van der Waals surface area contributed by atoms with E-state index in [1.807, 2.05) is 0 Å². The second-order valence-corrected chi connectivity index (χ2v) is 8.86. The number of carbonyl (C=O) groups is 4. The molecule has 4 heterocycles. The molecule has 0 aromatic carbocycles. The van der Waals surface area contributed by atoms with Crippen molar-refractivity contribution in [3.05, 3.63) is 36.5 Å². The minimum absolute atomic E-state index is 0.00959. The fraction of sp³-hybridized carbons (Fsp3) is 0.318. The lowest BCUT2D eigenvalue weighted by Crippen LogP contribution is -2.38. The number of hydrogen-bond acceptors (Lipinski definition) is 8. The second kappa shape index (κ2) is 9.28. The van der Waals surface area contributed by atoms with Crippen molar-refractivity contribution in [2.45, 2.75) is 20.0 Å². The van der Waals surface area contributed by atoms with Crippen molar-refractivity contribution >= 4 is 41.0 Å². The van der Waals surface area contributed by atoms with Crippen molar-refractivity contribution in [1.82, 2.24) is 19.7 Å². The summed E-state index contributed by atoms with van der Waals surface area (Å²) in [6, 6.07) is 2.33. The Hall–Kier alpha value is -4.76. The Morgan fingerprint density at radius 2 is 2.00 bits per heavy atom. The lowest BCUT2D eigenvalue weighted by atomic mass is 9.91. The molecule has 1 fully saturated rings. The number of hydrogen-bond donors (Lipinski definition) is 2. The van der Waals surface area contributed by atoms with Crippen molar-refractivity contribution in [1.29, 1.82) is 0 Å². The summed E-state index contributed by atoms with van der Waals surface area (Å²) in [5.74, 6) is -2.21. The number of carbonyl (C=O) groups excluding carboxylic acids is 3. The van der Waals surface area contributed by atoms with Gasteiger partial charge < -0.3 is 14.8 Å². The zero-order valence-corrected chi connectivity index (χ0v) is 20.1. The second-order valence-electron chi connectivity index (χ2n) is 8.86. The maximum absolute atomic E-state index is 12.9. The summed E-state index contributed by atoms with van der Waals surface area (Å²) in [5.41, 5.74) is -1.29. The van der Waals surface area contributed by atoms with E-state index in [1.54, 1.807) is 7.05 Å². The molecule has 0 aliphatic carbocycles. The molecule has 4 rings (SSSR count). The highest BCUT2D eigenvalue weighted by atomic mass is 19.4. The first-order chi connectivity index (χ1) is 17.7. The molecular weight excluding hydrogens is 515 g/mol. The first-order valence-electron chi connectivity index (χ1n) is 10.9. The third-order valence-electron chi connectivity index (χ3n) is 5.67. The summed E-state index contributed by atoms with van der Waals surface area (Å²) in [7, 11) is 1.56. The molecule has 3 aromatic heterocycles. The molecule has 13 nitrogen and oxygen atoms in total.